The van der Waals surface area contributed by atoms with Crippen molar-refractivity contribution in [2.24, 2.45) is 35.5 Å². The zero-order valence-electron chi connectivity index (χ0n) is 71.4. The molecule has 1 aliphatic heterocycles. The fourth-order valence-electron chi connectivity index (χ4n) is 15.1. The molecule has 6 aliphatic carbocycles. The van der Waals surface area contributed by atoms with Gasteiger partial charge in [-0.1, -0.05) is 152 Å². The van der Waals surface area contributed by atoms with E-state index in [2.05, 4.69) is 229 Å². The quantitative estimate of drug-likeness (QED) is 0.102. The molecule has 606 valence electrons. The first-order valence-corrected chi connectivity index (χ1v) is 41.9. The van der Waals surface area contributed by atoms with Crippen LogP contribution in [0.3, 0.4) is 0 Å². The summed E-state index contributed by atoms with van der Waals surface area (Å²) in [5, 5.41) is 28.1. The van der Waals surface area contributed by atoms with E-state index in [0.29, 0.717) is 29.5 Å². The first-order chi connectivity index (χ1) is 50.7. The summed E-state index contributed by atoms with van der Waals surface area (Å²) in [6.07, 6.45) is 30.5. The van der Waals surface area contributed by atoms with Gasteiger partial charge in [-0.05, 0) is 354 Å². The average Bonchev–Trinajstić information content (AvgIpc) is 1.59. The molecule has 0 atom stereocenters. The van der Waals surface area contributed by atoms with Gasteiger partial charge in [-0.25, -0.2) is 0 Å². The predicted molar refractivity (Wildman–Crippen MR) is 450 cm³/mol. The molecule has 0 radical (unpaired) electrons. The van der Waals surface area contributed by atoms with Crippen LogP contribution in [0.1, 0.15) is 285 Å². The van der Waals surface area contributed by atoms with Gasteiger partial charge in [0, 0.05) is 86.4 Å². The molecule has 3 N–H and O–H groups in total. The van der Waals surface area contributed by atoms with Gasteiger partial charge >= 0.3 is 14.2 Å². The van der Waals surface area contributed by atoms with Gasteiger partial charge < -0.3 is 48.1 Å². The molecule has 6 saturated carbocycles. The Morgan fingerprint density at radius 3 is 0.844 bits per heavy atom. The van der Waals surface area contributed by atoms with Gasteiger partial charge in [0.15, 0.2) is 0 Å². The predicted octanol–water partition coefficient (Wildman–Crippen LogP) is 22.8. The monoisotopic (exact) mass is 1550 g/mol. The Bertz CT molecular complexity index is 3390. The molecule has 13 rings (SSSR count). The molecule has 10 nitrogen and oxygen atoms in total. The Morgan fingerprint density at radius 2 is 0.541 bits per heavy atom. The third kappa shape index (κ3) is 33.5. The van der Waals surface area contributed by atoms with E-state index in [-0.39, 0.29) is 112 Å². The Labute approximate surface area is 723 Å². The van der Waals surface area contributed by atoms with E-state index in [1.807, 2.05) is 19.1 Å². The normalized spacial score (nSPS) is 25.2. The number of aryl methyl sites for hydroxylation is 11. The fourth-order valence-corrected chi connectivity index (χ4v) is 15.1. The largest absolute Gasteiger partial charge is 0.498 e. The number of rotatable bonds is 12. The molecule has 14 heteroatoms. The molecule has 1 heterocycles. The summed E-state index contributed by atoms with van der Waals surface area (Å²) in [6, 6.07) is 37.5. The molecule has 7 aliphatic rings. The fraction of sp³-hybridized carbons (Fsp3) is 0.621. The van der Waals surface area contributed by atoms with Crippen molar-refractivity contribution in [3.05, 3.63) is 170 Å². The average molecular weight is 1550 g/mol. The van der Waals surface area contributed by atoms with Gasteiger partial charge in [-0.3, -0.25) is 0 Å². The summed E-state index contributed by atoms with van der Waals surface area (Å²) >= 11 is 0. The molecule has 0 aromatic heterocycles. The van der Waals surface area contributed by atoms with E-state index < -0.39 is 7.12 Å². The Balaban J connectivity index is 0.000000232. The van der Waals surface area contributed by atoms with E-state index in [0.717, 1.165) is 121 Å². The molecule has 0 amide bonds. The van der Waals surface area contributed by atoms with Gasteiger partial charge in [0.25, 0.3) is 0 Å². The minimum atomic E-state index is -1.47. The topological polar surface area (TPSA) is 125 Å². The molecule has 0 spiro atoms. The van der Waals surface area contributed by atoms with Gasteiger partial charge in [-0.2, -0.15) is 0 Å². The second-order valence-electron chi connectivity index (χ2n) is 35.4. The van der Waals surface area contributed by atoms with Crippen molar-refractivity contribution in [2.75, 3.05) is 0 Å². The van der Waals surface area contributed by atoms with Crippen LogP contribution in [0, 0.1) is 187 Å². The minimum Gasteiger partial charge on any atom is -0.491 e. The molecule has 1 saturated heterocycles. The molecule has 6 aromatic rings. The van der Waals surface area contributed by atoms with Crippen molar-refractivity contribution in [1.82, 2.24) is 0 Å². The zero-order valence-corrected chi connectivity index (χ0v) is 72.8. The van der Waals surface area contributed by atoms with Crippen LogP contribution in [-0.2, 0) is 9.31 Å². The molecule has 0 bridgehead atoms. The number of aliphatic hydroxyl groups excluding tert-OH is 1. The molecule has 0 unspecified atom stereocenters. The van der Waals surface area contributed by atoms with Gasteiger partial charge in [-0.15, -0.1) is 0 Å². The summed E-state index contributed by atoms with van der Waals surface area (Å²) < 4.78 is 43.1. The number of ether oxygens (including phenoxy) is 5. The summed E-state index contributed by atoms with van der Waals surface area (Å²) in [5.41, 5.74) is 14.7. The summed E-state index contributed by atoms with van der Waals surface area (Å²) in [7, 11) is -1.84. The minimum absolute atomic E-state index is 0. The molecule has 109 heavy (non-hydrogen) atoms. The van der Waals surface area contributed by atoms with Crippen molar-refractivity contribution < 1.29 is 124 Å². The van der Waals surface area contributed by atoms with Gasteiger partial charge in [0.2, 0.25) is 0 Å². The zero-order chi connectivity index (χ0) is 78.1. The second kappa shape index (κ2) is 47.7. The van der Waals surface area contributed by atoms with Crippen LogP contribution < -0.4 is 34.6 Å². The van der Waals surface area contributed by atoms with Crippen LogP contribution in [-0.4, -0.2) is 77.2 Å². The van der Waals surface area contributed by atoms with E-state index in [1.54, 1.807) is 6.07 Å². The molecule has 7 fully saturated rings. The number of aliphatic hydroxyl groups is 1. The summed E-state index contributed by atoms with van der Waals surface area (Å²) in [6.45, 7) is 45.5. The van der Waals surface area contributed by atoms with Crippen molar-refractivity contribution in [3.63, 3.8) is 0 Å². The standard InChI is InChI=1S/C20H31BO3.2C15H22O.C14H21BO3.C14H20O2.C9H12.C8H16.2Ar/c1-14-7-10-16(11-8-14)22-18-13-15(2)9-12-17(18)21-23-19(3,4)20(5,6)24-21;2*1-11-5-8-14(9-6-11)16-15-10-12(2)4-7-13(15)3;1-10-3-6-12(7-4-10)18-14-9-11(2)5-8-13(14)15(16)17;1-10-3-4-11(2)14(9-10)16-13-7-5-12(15)6-8-13;1-7-4-5-8(2)9(3)6-7;1-7-3-5-8(2)6-4-7;;/h9,12-14,16H,7-8,10-11H2,1-6H3;2*4,7,10-11,14H,5-6,8-9H2,1-3H3;5,8-10,12,16-17H,3-4,6-7H2,1-2H3;3-4,9,12-13,15H,5-8H2,1-2H3;4-6H,1-3H3;7-8H,3-6H2,1-2H3;;. The SMILES string of the molecule is CC1CCC(C)CC1.Cc1ccc(B(O)O)c(OC2CCC(C)CC2)c1.Cc1ccc(B2OC(C)(C)C(C)(C)O2)c(OC2CCC(C)CC2)c1.Cc1ccc(C)c(C)c1.Cc1ccc(C)c(OC2CCC(C)CC2)c1.Cc1ccc(C)c(OC2CCC(C)CC2)c1.Cc1ccc(C)c(OC2CCC(O)CC2)c1.[Ar].[Ar]. The third-order valence-electron chi connectivity index (χ3n) is 24.1. The van der Waals surface area contributed by atoms with Crippen LogP contribution in [0.4, 0.5) is 0 Å². The van der Waals surface area contributed by atoms with Crippen LogP contribution in [0.15, 0.2) is 109 Å². The van der Waals surface area contributed by atoms with Crippen molar-refractivity contribution in [1.29, 1.82) is 0 Å². The Kier molecular flexibility index (Phi) is 42.2. The molecular weight excluding hydrogens is 1400 g/mol. The van der Waals surface area contributed by atoms with Crippen molar-refractivity contribution in [3.8, 4) is 28.7 Å². The number of benzene rings is 6. The van der Waals surface area contributed by atoms with Crippen molar-refractivity contribution in [2.45, 2.75) is 347 Å². The first kappa shape index (κ1) is 96.4. The molecular formula is C95H144Ar2B2O10. The smallest absolute Gasteiger partial charge is 0.491 e. The first-order valence-electron chi connectivity index (χ1n) is 41.9. The van der Waals surface area contributed by atoms with E-state index in [4.69, 9.17) is 33.0 Å². The third-order valence-corrected chi connectivity index (χ3v) is 24.1. The van der Waals surface area contributed by atoms with Crippen LogP contribution in [0.2, 0.25) is 0 Å². The van der Waals surface area contributed by atoms with E-state index >= 15 is 0 Å². The van der Waals surface area contributed by atoms with Crippen molar-refractivity contribution >= 4 is 25.2 Å². The number of hydrogen-bond acceptors (Lipinski definition) is 10. The van der Waals surface area contributed by atoms with Crippen LogP contribution in [0.25, 0.3) is 0 Å². The van der Waals surface area contributed by atoms with E-state index in [9.17, 15) is 15.2 Å². The summed E-state index contributed by atoms with van der Waals surface area (Å²) in [5.74, 6) is 10.1. The maximum Gasteiger partial charge on any atom is 0.498 e. The van der Waals surface area contributed by atoms with Crippen LogP contribution in [0.5, 0.6) is 28.7 Å². The summed E-state index contributed by atoms with van der Waals surface area (Å²) in [4.78, 5) is 0. The number of hydrogen-bond donors (Lipinski definition) is 3. The van der Waals surface area contributed by atoms with E-state index in [1.165, 1.54) is 158 Å². The maximum atomic E-state index is 9.44. The molecule has 6 aromatic carbocycles. The van der Waals surface area contributed by atoms with Gasteiger partial charge in [0.05, 0.1) is 47.8 Å². The van der Waals surface area contributed by atoms with Gasteiger partial charge in [0.1, 0.15) is 28.7 Å². The Hall–Kier alpha value is -3.23. The Morgan fingerprint density at radius 1 is 0.303 bits per heavy atom. The van der Waals surface area contributed by atoms with Crippen LogP contribution >= 0.6 is 0 Å². The second-order valence-corrected chi connectivity index (χ2v) is 35.4. The maximum absolute atomic E-state index is 9.44.